The molecule has 166 valence electrons. The number of non-ortho nitro benzene ring substituents is 1. The van der Waals surface area contributed by atoms with Gasteiger partial charge in [0.2, 0.25) is 15.9 Å². The molecule has 3 rings (SSSR count). The lowest BCUT2D eigenvalue weighted by atomic mass is 10.2. The van der Waals surface area contributed by atoms with Crippen molar-refractivity contribution in [3.63, 3.8) is 0 Å². The number of hydrogen-bond donors (Lipinski definition) is 1. The fourth-order valence-electron chi connectivity index (χ4n) is 3.47. The summed E-state index contributed by atoms with van der Waals surface area (Å²) < 4.78 is 27.5. The molecule has 1 heterocycles. The normalized spacial score (nSPS) is 15.5. The minimum absolute atomic E-state index is 0.0355. The highest BCUT2D eigenvalue weighted by Crippen LogP contribution is 2.22. The van der Waals surface area contributed by atoms with E-state index in [1.54, 1.807) is 13.0 Å². The SMILES string of the molecule is Cc1ccc(C)c(S(=O)(=O)N2CCN(CCC(=O)Nc3ccc([N+](=O)[O-])cc3)CC2)c1. The van der Waals surface area contributed by atoms with E-state index in [0.717, 1.165) is 11.1 Å². The first-order valence-electron chi connectivity index (χ1n) is 10.0. The van der Waals surface area contributed by atoms with Gasteiger partial charge in [-0.25, -0.2) is 8.42 Å². The van der Waals surface area contributed by atoms with E-state index in [2.05, 4.69) is 10.2 Å². The summed E-state index contributed by atoms with van der Waals surface area (Å²) in [5.41, 5.74) is 2.10. The number of benzene rings is 2. The number of carbonyl (C=O) groups is 1. The van der Waals surface area contributed by atoms with E-state index in [9.17, 15) is 23.3 Å². The van der Waals surface area contributed by atoms with Gasteiger partial charge in [0.15, 0.2) is 0 Å². The van der Waals surface area contributed by atoms with E-state index in [4.69, 9.17) is 0 Å². The van der Waals surface area contributed by atoms with Crippen LogP contribution in [-0.2, 0) is 14.8 Å². The first kappa shape index (κ1) is 22.9. The second kappa shape index (κ2) is 9.54. The molecule has 2 aromatic rings. The maximum Gasteiger partial charge on any atom is 0.269 e. The lowest BCUT2D eigenvalue weighted by molar-refractivity contribution is -0.384. The topological polar surface area (TPSA) is 113 Å². The molecule has 1 saturated heterocycles. The van der Waals surface area contributed by atoms with Crippen LogP contribution in [-0.4, -0.2) is 61.2 Å². The van der Waals surface area contributed by atoms with Crippen LogP contribution in [0.2, 0.25) is 0 Å². The van der Waals surface area contributed by atoms with Crippen LogP contribution in [0.4, 0.5) is 11.4 Å². The van der Waals surface area contributed by atoms with Gasteiger partial charge in [-0.15, -0.1) is 0 Å². The van der Waals surface area contributed by atoms with Gasteiger partial charge in [0.25, 0.3) is 5.69 Å². The van der Waals surface area contributed by atoms with Gasteiger partial charge in [-0.1, -0.05) is 12.1 Å². The summed E-state index contributed by atoms with van der Waals surface area (Å²) in [7, 11) is -3.54. The van der Waals surface area contributed by atoms with Crippen LogP contribution >= 0.6 is 0 Å². The molecule has 0 atom stereocenters. The van der Waals surface area contributed by atoms with Gasteiger partial charge >= 0.3 is 0 Å². The third-order valence-corrected chi connectivity index (χ3v) is 7.35. The minimum Gasteiger partial charge on any atom is -0.326 e. The maximum absolute atomic E-state index is 13.0. The number of piperazine rings is 1. The molecular formula is C21H26N4O5S. The number of aryl methyl sites for hydroxylation is 2. The molecule has 2 aromatic carbocycles. The number of amides is 1. The number of nitrogens with zero attached hydrogens (tertiary/aromatic N) is 3. The van der Waals surface area contributed by atoms with E-state index < -0.39 is 14.9 Å². The number of rotatable bonds is 7. The summed E-state index contributed by atoms with van der Waals surface area (Å²) in [6.45, 7) is 6.03. The number of carbonyl (C=O) groups excluding carboxylic acids is 1. The highest BCUT2D eigenvalue weighted by Gasteiger charge is 2.29. The van der Waals surface area contributed by atoms with E-state index >= 15 is 0 Å². The maximum atomic E-state index is 13.0. The Balaban J connectivity index is 1.49. The van der Waals surface area contributed by atoms with Gasteiger partial charge in [0.05, 0.1) is 9.82 Å². The largest absolute Gasteiger partial charge is 0.326 e. The van der Waals surface area contributed by atoms with Gasteiger partial charge in [-0.05, 0) is 43.2 Å². The molecule has 0 aliphatic carbocycles. The van der Waals surface area contributed by atoms with E-state index in [-0.39, 0.29) is 18.0 Å². The molecule has 31 heavy (non-hydrogen) atoms. The number of anilines is 1. The minimum atomic E-state index is -3.54. The monoisotopic (exact) mass is 446 g/mol. The smallest absolute Gasteiger partial charge is 0.269 e. The summed E-state index contributed by atoms with van der Waals surface area (Å²) in [5, 5.41) is 13.4. The molecule has 0 spiro atoms. The fourth-order valence-corrected chi connectivity index (χ4v) is 5.20. The highest BCUT2D eigenvalue weighted by atomic mass is 32.2. The van der Waals surface area contributed by atoms with Gasteiger partial charge in [0.1, 0.15) is 0 Å². The summed E-state index contributed by atoms with van der Waals surface area (Å²) in [6, 6.07) is 11.1. The third kappa shape index (κ3) is 5.66. The van der Waals surface area contributed by atoms with Crippen molar-refractivity contribution in [3.8, 4) is 0 Å². The molecule has 1 fully saturated rings. The molecule has 1 N–H and O–H groups in total. The Bertz CT molecular complexity index is 1060. The predicted octanol–water partition coefficient (Wildman–Crippen LogP) is 2.55. The summed E-state index contributed by atoms with van der Waals surface area (Å²) >= 11 is 0. The number of nitro groups is 1. The van der Waals surface area contributed by atoms with Gasteiger partial charge < -0.3 is 10.2 Å². The molecular weight excluding hydrogens is 420 g/mol. The molecule has 9 nitrogen and oxygen atoms in total. The van der Waals surface area contributed by atoms with E-state index in [1.165, 1.54) is 28.6 Å². The Morgan fingerprint density at radius 2 is 1.71 bits per heavy atom. The van der Waals surface area contributed by atoms with Crippen molar-refractivity contribution in [2.24, 2.45) is 0 Å². The molecule has 1 aliphatic heterocycles. The lowest BCUT2D eigenvalue weighted by Gasteiger charge is -2.34. The van der Waals surface area contributed by atoms with Crippen LogP contribution in [0.3, 0.4) is 0 Å². The lowest BCUT2D eigenvalue weighted by Crippen LogP contribution is -2.49. The Morgan fingerprint density at radius 1 is 1.06 bits per heavy atom. The molecule has 0 radical (unpaired) electrons. The van der Waals surface area contributed by atoms with Crippen LogP contribution in [0, 0.1) is 24.0 Å². The average molecular weight is 447 g/mol. The van der Waals surface area contributed by atoms with Crippen LogP contribution < -0.4 is 5.32 Å². The Kier molecular flexibility index (Phi) is 7.04. The summed E-state index contributed by atoms with van der Waals surface area (Å²) in [4.78, 5) is 24.8. The first-order chi connectivity index (χ1) is 14.7. The Hall–Kier alpha value is -2.82. The zero-order chi connectivity index (χ0) is 22.6. The molecule has 1 amide bonds. The first-order valence-corrected chi connectivity index (χ1v) is 11.4. The van der Waals surface area contributed by atoms with Crippen molar-refractivity contribution < 1.29 is 18.1 Å². The number of nitrogens with one attached hydrogen (secondary N) is 1. The second-order valence-corrected chi connectivity index (χ2v) is 9.52. The standard InChI is InChI=1S/C21H26N4O5S/c1-16-3-4-17(2)20(15-16)31(29,30)24-13-11-23(12-14-24)10-9-21(26)22-18-5-7-19(8-6-18)25(27)28/h3-8,15H,9-14H2,1-2H3,(H,22,26). The molecule has 0 saturated carbocycles. The number of nitro benzene ring substituents is 1. The zero-order valence-electron chi connectivity index (χ0n) is 17.6. The average Bonchev–Trinajstić information content (AvgIpc) is 2.74. The van der Waals surface area contributed by atoms with E-state index in [1.807, 2.05) is 19.1 Å². The van der Waals surface area contributed by atoms with Gasteiger partial charge in [-0.2, -0.15) is 4.31 Å². The van der Waals surface area contributed by atoms with Crippen molar-refractivity contribution in [2.75, 3.05) is 38.0 Å². The third-order valence-electron chi connectivity index (χ3n) is 5.31. The van der Waals surface area contributed by atoms with Crippen LogP contribution in [0.25, 0.3) is 0 Å². The molecule has 1 aliphatic rings. The van der Waals surface area contributed by atoms with Gasteiger partial charge in [-0.3, -0.25) is 14.9 Å². The van der Waals surface area contributed by atoms with Crippen molar-refractivity contribution >= 4 is 27.3 Å². The summed E-state index contributed by atoms with van der Waals surface area (Å²) in [5.74, 6) is -0.195. The van der Waals surface area contributed by atoms with Crippen LogP contribution in [0.15, 0.2) is 47.4 Å². The Morgan fingerprint density at radius 3 is 2.32 bits per heavy atom. The van der Waals surface area contributed by atoms with Crippen LogP contribution in [0.5, 0.6) is 0 Å². The second-order valence-electron chi connectivity index (χ2n) is 7.62. The fraction of sp³-hybridized carbons (Fsp3) is 0.381. The predicted molar refractivity (Wildman–Crippen MR) is 117 cm³/mol. The number of sulfonamides is 1. The van der Waals surface area contributed by atoms with Crippen molar-refractivity contribution in [2.45, 2.75) is 25.2 Å². The summed E-state index contributed by atoms with van der Waals surface area (Å²) in [6.07, 6.45) is 0.251. The van der Waals surface area contributed by atoms with Crippen molar-refractivity contribution in [1.29, 1.82) is 0 Å². The van der Waals surface area contributed by atoms with E-state index in [0.29, 0.717) is 43.3 Å². The quantitative estimate of drug-likeness (QED) is 0.517. The highest BCUT2D eigenvalue weighted by molar-refractivity contribution is 7.89. The molecule has 0 bridgehead atoms. The zero-order valence-corrected chi connectivity index (χ0v) is 18.4. The molecule has 0 unspecified atom stereocenters. The van der Waals surface area contributed by atoms with Crippen molar-refractivity contribution in [1.82, 2.24) is 9.21 Å². The molecule has 0 aromatic heterocycles. The Labute approximate surface area is 181 Å². The number of hydrogen-bond acceptors (Lipinski definition) is 6. The van der Waals surface area contributed by atoms with Gasteiger partial charge in [0, 0.05) is 57.0 Å². The molecule has 10 heteroatoms. The van der Waals surface area contributed by atoms with Crippen LogP contribution in [0.1, 0.15) is 17.5 Å². The van der Waals surface area contributed by atoms with Crippen molar-refractivity contribution in [3.05, 3.63) is 63.7 Å².